The van der Waals surface area contributed by atoms with E-state index in [1.165, 1.54) is 186 Å². The van der Waals surface area contributed by atoms with E-state index >= 15 is 0 Å². The van der Waals surface area contributed by atoms with Gasteiger partial charge in [0, 0.05) is 13.0 Å². The summed E-state index contributed by atoms with van der Waals surface area (Å²) in [5.74, 6) is -0.195. The molecule has 0 amide bonds. The summed E-state index contributed by atoms with van der Waals surface area (Å²) < 4.78 is 11.1. The van der Waals surface area contributed by atoms with Crippen LogP contribution in [0.25, 0.3) is 0 Å². The standard InChI is InChI=1S/C40H80O4/c1-3-5-7-9-11-13-14-15-16-17-18-19-20-21-22-23-24-25-26-27-29-31-33-35-40(42)44-39(37-41)38-43-36-34-32-30-28-12-10-8-6-4-2/h39,41H,3-38H2,1-2H3. The van der Waals surface area contributed by atoms with Crippen LogP contribution in [0.3, 0.4) is 0 Å². The first-order valence-electron chi connectivity index (χ1n) is 20.1. The van der Waals surface area contributed by atoms with Crippen molar-refractivity contribution in [1.82, 2.24) is 0 Å². The van der Waals surface area contributed by atoms with E-state index in [0.29, 0.717) is 19.6 Å². The van der Waals surface area contributed by atoms with Gasteiger partial charge in [0.05, 0.1) is 13.2 Å². The molecule has 1 unspecified atom stereocenters. The van der Waals surface area contributed by atoms with Gasteiger partial charge in [0.1, 0.15) is 6.10 Å². The van der Waals surface area contributed by atoms with Crippen molar-refractivity contribution in [1.29, 1.82) is 0 Å². The van der Waals surface area contributed by atoms with Crippen LogP contribution in [0.15, 0.2) is 0 Å². The van der Waals surface area contributed by atoms with E-state index in [2.05, 4.69) is 13.8 Å². The molecule has 0 aliphatic carbocycles. The van der Waals surface area contributed by atoms with Gasteiger partial charge in [0.15, 0.2) is 0 Å². The Morgan fingerprint density at radius 3 is 1.07 bits per heavy atom. The van der Waals surface area contributed by atoms with Gasteiger partial charge in [0.2, 0.25) is 0 Å². The molecule has 0 saturated heterocycles. The van der Waals surface area contributed by atoms with Crippen LogP contribution >= 0.6 is 0 Å². The summed E-state index contributed by atoms with van der Waals surface area (Å²) in [4.78, 5) is 12.1. The Morgan fingerprint density at radius 1 is 0.455 bits per heavy atom. The second kappa shape index (κ2) is 38.6. The Hall–Kier alpha value is -0.610. The fraction of sp³-hybridized carbons (Fsp3) is 0.975. The first-order chi connectivity index (χ1) is 21.7. The van der Waals surface area contributed by atoms with Crippen LogP contribution in [0.2, 0.25) is 0 Å². The van der Waals surface area contributed by atoms with E-state index in [1.807, 2.05) is 0 Å². The maximum absolute atomic E-state index is 12.1. The molecule has 0 aromatic rings. The number of carbonyl (C=O) groups is 1. The quantitative estimate of drug-likeness (QED) is 0.0548. The van der Waals surface area contributed by atoms with Gasteiger partial charge in [-0.1, -0.05) is 206 Å². The minimum absolute atomic E-state index is 0.164. The molecular formula is C40H80O4. The molecule has 0 aliphatic rings. The molecule has 0 rings (SSSR count). The van der Waals surface area contributed by atoms with Crippen molar-refractivity contribution in [2.75, 3.05) is 19.8 Å². The van der Waals surface area contributed by atoms with Gasteiger partial charge in [-0.3, -0.25) is 4.79 Å². The molecule has 0 radical (unpaired) electrons. The summed E-state index contributed by atoms with van der Waals surface area (Å²) in [5.41, 5.74) is 0. The highest BCUT2D eigenvalue weighted by Crippen LogP contribution is 2.16. The van der Waals surface area contributed by atoms with Crippen molar-refractivity contribution in [2.24, 2.45) is 0 Å². The third-order valence-corrected chi connectivity index (χ3v) is 9.18. The highest BCUT2D eigenvalue weighted by Gasteiger charge is 2.13. The Balaban J connectivity index is 3.32. The van der Waals surface area contributed by atoms with Gasteiger partial charge < -0.3 is 14.6 Å². The molecule has 1 atom stereocenters. The van der Waals surface area contributed by atoms with Gasteiger partial charge in [-0.05, 0) is 12.8 Å². The molecule has 0 aromatic heterocycles. The Kier molecular flexibility index (Phi) is 38.0. The molecule has 0 spiro atoms. The third-order valence-electron chi connectivity index (χ3n) is 9.18. The lowest BCUT2D eigenvalue weighted by molar-refractivity contribution is -0.154. The monoisotopic (exact) mass is 625 g/mol. The maximum Gasteiger partial charge on any atom is 0.306 e. The van der Waals surface area contributed by atoms with Gasteiger partial charge in [0.25, 0.3) is 0 Å². The van der Waals surface area contributed by atoms with Gasteiger partial charge in [-0.2, -0.15) is 0 Å². The van der Waals surface area contributed by atoms with E-state index in [1.54, 1.807) is 0 Å². The fourth-order valence-electron chi connectivity index (χ4n) is 6.15. The number of ether oxygens (including phenoxy) is 2. The lowest BCUT2D eigenvalue weighted by Crippen LogP contribution is -2.27. The smallest absolute Gasteiger partial charge is 0.306 e. The van der Waals surface area contributed by atoms with Crippen LogP contribution in [0, 0.1) is 0 Å². The van der Waals surface area contributed by atoms with Crippen molar-refractivity contribution in [2.45, 2.75) is 232 Å². The van der Waals surface area contributed by atoms with Crippen molar-refractivity contribution < 1.29 is 19.4 Å². The van der Waals surface area contributed by atoms with E-state index < -0.39 is 6.10 Å². The van der Waals surface area contributed by atoms with E-state index in [0.717, 1.165) is 19.3 Å². The summed E-state index contributed by atoms with van der Waals surface area (Å²) in [5, 5.41) is 9.54. The Labute approximate surface area is 276 Å². The Morgan fingerprint density at radius 2 is 0.750 bits per heavy atom. The molecule has 4 nitrogen and oxygen atoms in total. The summed E-state index contributed by atoms with van der Waals surface area (Å²) in [6, 6.07) is 0. The molecule has 0 heterocycles. The SMILES string of the molecule is CCCCCCCCCCCCCCCCCCCCCCCCCC(=O)OC(CO)COCCCCCCCCCCC. The van der Waals surface area contributed by atoms with Crippen LogP contribution < -0.4 is 0 Å². The molecule has 0 fully saturated rings. The zero-order valence-electron chi connectivity index (χ0n) is 30.2. The first kappa shape index (κ1) is 43.4. The highest BCUT2D eigenvalue weighted by atomic mass is 16.6. The lowest BCUT2D eigenvalue weighted by Gasteiger charge is -2.16. The molecule has 0 bridgehead atoms. The van der Waals surface area contributed by atoms with Crippen molar-refractivity contribution in [3.8, 4) is 0 Å². The predicted octanol–water partition coefficient (Wildman–Crippen LogP) is 12.8. The molecular weight excluding hydrogens is 544 g/mol. The van der Waals surface area contributed by atoms with Gasteiger partial charge in [-0.25, -0.2) is 0 Å². The number of hydrogen-bond acceptors (Lipinski definition) is 4. The zero-order chi connectivity index (χ0) is 32.0. The van der Waals surface area contributed by atoms with Crippen molar-refractivity contribution in [3.63, 3.8) is 0 Å². The molecule has 4 heteroatoms. The van der Waals surface area contributed by atoms with Crippen LogP contribution in [0.1, 0.15) is 226 Å². The normalized spacial score (nSPS) is 12.2. The summed E-state index contributed by atoms with van der Waals surface area (Å²) in [7, 11) is 0. The first-order valence-corrected chi connectivity index (χ1v) is 20.1. The summed E-state index contributed by atoms with van der Waals surface area (Å²) >= 11 is 0. The summed E-state index contributed by atoms with van der Waals surface area (Å²) in [6.07, 6.45) is 43.1. The van der Waals surface area contributed by atoms with Crippen LogP contribution in [-0.4, -0.2) is 37.0 Å². The average molecular weight is 625 g/mol. The largest absolute Gasteiger partial charge is 0.457 e. The fourth-order valence-corrected chi connectivity index (χ4v) is 6.15. The number of aliphatic hydroxyl groups is 1. The van der Waals surface area contributed by atoms with Crippen LogP contribution in [-0.2, 0) is 14.3 Å². The lowest BCUT2D eigenvalue weighted by atomic mass is 10.0. The molecule has 0 aromatic carbocycles. The molecule has 0 aliphatic heterocycles. The van der Waals surface area contributed by atoms with Crippen molar-refractivity contribution in [3.05, 3.63) is 0 Å². The zero-order valence-corrected chi connectivity index (χ0v) is 30.2. The molecule has 0 saturated carbocycles. The van der Waals surface area contributed by atoms with Crippen LogP contribution in [0.4, 0.5) is 0 Å². The Bertz CT molecular complexity index is 537. The minimum atomic E-state index is -0.523. The maximum atomic E-state index is 12.1. The second-order valence-corrected chi connectivity index (χ2v) is 13.7. The average Bonchev–Trinajstić information content (AvgIpc) is 3.03. The third kappa shape index (κ3) is 35.9. The minimum Gasteiger partial charge on any atom is -0.457 e. The number of unbranched alkanes of at least 4 members (excludes halogenated alkanes) is 30. The van der Waals surface area contributed by atoms with E-state index in [4.69, 9.17) is 9.47 Å². The van der Waals surface area contributed by atoms with Crippen molar-refractivity contribution >= 4 is 5.97 Å². The number of carbonyl (C=O) groups excluding carboxylic acids is 1. The van der Waals surface area contributed by atoms with E-state index in [9.17, 15) is 9.90 Å². The molecule has 1 N–H and O–H groups in total. The van der Waals surface area contributed by atoms with Gasteiger partial charge >= 0.3 is 5.97 Å². The number of esters is 1. The van der Waals surface area contributed by atoms with E-state index in [-0.39, 0.29) is 12.6 Å². The number of rotatable bonds is 38. The molecule has 44 heavy (non-hydrogen) atoms. The highest BCUT2D eigenvalue weighted by molar-refractivity contribution is 5.69. The summed E-state index contributed by atoms with van der Waals surface area (Å²) in [6.45, 7) is 5.38. The van der Waals surface area contributed by atoms with Gasteiger partial charge in [-0.15, -0.1) is 0 Å². The number of aliphatic hydroxyl groups excluding tert-OH is 1. The van der Waals surface area contributed by atoms with Crippen LogP contribution in [0.5, 0.6) is 0 Å². The molecule has 264 valence electrons. The topological polar surface area (TPSA) is 55.8 Å². The number of hydrogen-bond donors (Lipinski definition) is 1. The predicted molar refractivity (Wildman–Crippen MR) is 191 cm³/mol. The second-order valence-electron chi connectivity index (χ2n) is 13.7.